The van der Waals surface area contributed by atoms with Gasteiger partial charge in [-0.05, 0) is 44.4 Å². The SMILES string of the molecule is CC1=C(C(=O)N(C)C2CCCCC2)C(c2ccc(Cl)c(Cl)c2)n2nc(C)cc2N1. The molecule has 1 fully saturated rings. The molecule has 1 aromatic heterocycles. The van der Waals surface area contributed by atoms with Gasteiger partial charge in [-0.2, -0.15) is 5.10 Å². The van der Waals surface area contributed by atoms with E-state index in [0.29, 0.717) is 15.6 Å². The zero-order valence-electron chi connectivity index (χ0n) is 17.0. The van der Waals surface area contributed by atoms with Gasteiger partial charge in [-0.25, -0.2) is 4.68 Å². The van der Waals surface area contributed by atoms with Gasteiger partial charge >= 0.3 is 0 Å². The largest absolute Gasteiger partial charge is 0.344 e. The quantitative estimate of drug-likeness (QED) is 0.688. The molecule has 0 radical (unpaired) electrons. The van der Waals surface area contributed by atoms with Crippen LogP contribution in [-0.4, -0.2) is 33.7 Å². The van der Waals surface area contributed by atoms with Crippen LogP contribution in [-0.2, 0) is 4.79 Å². The Morgan fingerprint density at radius 1 is 1.14 bits per heavy atom. The highest BCUT2D eigenvalue weighted by Crippen LogP contribution is 2.39. The van der Waals surface area contributed by atoms with Gasteiger partial charge in [-0.1, -0.05) is 48.5 Å². The molecule has 0 spiro atoms. The van der Waals surface area contributed by atoms with Crippen molar-refractivity contribution < 1.29 is 4.79 Å². The van der Waals surface area contributed by atoms with E-state index in [9.17, 15) is 4.79 Å². The fraction of sp³-hybridized carbons (Fsp3) is 0.455. The molecule has 1 amide bonds. The molecule has 1 aromatic carbocycles. The van der Waals surface area contributed by atoms with Crippen LogP contribution in [0.3, 0.4) is 0 Å². The lowest BCUT2D eigenvalue weighted by Gasteiger charge is -2.36. The number of likely N-dealkylation sites (N-methyl/N-ethyl adjacent to an activating group) is 1. The predicted molar refractivity (Wildman–Crippen MR) is 118 cm³/mol. The Bertz CT molecular complexity index is 975. The van der Waals surface area contributed by atoms with Crippen molar-refractivity contribution in [3.8, 4) is 0 Å². The number of aryl methyl sites for hydroxylation is 1. The number of aromatic nitrogens is 2. The average molecular weight is 433 g/mol. The Kier molecular flexibility index (Phi) is 5.63. The molecular weight excluding hydrogens is 407 g/mol. The fourth-order valence-corrected chi connectivity index (χ4v) is 4.79. The number of anilines is 1. The summed E-state index contributed by atoms with van der Waals surface area (Å²) >= 11 is 12.5. The third-order valence-corrected chi connectivity index (χ3v) is 6.77. The number of allylic oxidation sites excluding steroid dienone is 1. The summed E-state index contributed by atoms with van der Waals surface area (Å²) in [6.45, 7) is 3.90. The number of halogens is 2. The first kappa shape index (κ1) is 20.3. The zero-order valence-corrected chi connectivity index (χ0v) is 18.5. The molecule has 5 nitrogen and oxygen atoms in total. The summed E-state index contributed by atoms with van der Waals surface area (Å²) in [6, 6.07) is 7.45. The highest BCUT2D eigenvalue weighted by molar-refractivity contribution is 6.42. The molecule has 1 N–H and O–H groups in total. The minimum absolute atomic E-state index is 0.0387. The Balaban J connectivity index is 1.78. The second-order valence-corrected chi connectivity index (χ2v) is 8.88. The number of fused-ring (bicyclic) bond motifs is 1. The van der Waals surface area contributed by atoms with Crippen LogP contribution in [0.5, 0.6) is 0 Å². The van der Waals surface area contributed by atoms with Gasteiger partial charge in [0.2, 0.25) is 0 Å². The number of carbonyl (C=O) groups is 1. The molecule has 1 unspecified atom stereocenters. The molecule has 29 heavy (non-hydrogen) atoms. The Labute approximate surface area is 181 Å². The van der Waals surface area contributed by atoms with Crippen LogP contribution >= 0.6 is 23.2 Å². The van der Waals surface area contributed by atoms with E-state index in [-0.39, 0.29) is 18.0 Å². The van der Waals surface area contributed by atoms with Gasteiger partial charge in [0.25, 0.3) is 5.91 Å². The number of amides is 1. The van der Waals surface area contributed by atoms with Gasteiger partial charge in [0.1, 0.15) is 11.9 Å². The lowest BCUT2D eigenvalue weighted by molar-refractivity contribution is -0.129. The summed E-state index contributed by atoms with van der Waals surface area (Å²) in [7, 11) is 1.92. The van der Waals surface area contributed by atoms with Crippen LogP contribution in [0, 0.1) is 6.92 Å². The van der Waals surface area contributed by atoms with Crippen LogP contribution < -0.4 is 5.32 Å². The van der Waals surface area contributed by atoms with E-state index in [4.69, 9.17) is 23.2 Å². The predicted octanol–water partition coefficient (Wildman–Crippen LogP) is 5.58. The highest BCUT2D eigenvalue weighted by Gasteiger charge is 2.36. The maximum Gasteiger partial charge on any atom is 0.254 e. The molecule has 7 heteroatoms. The van der Waals surface area contributed by atoms with Crippen molar-refractivity contribution in [3.63, 3.8) is 0 Å². The van der Waals surface area contributed by atoms with E-state index >= 15 is 0 Å². The lowest BCUT2D eigenvalue weighted by Crippen LogP contribution is -2.42. The number of nitrogens with zero attached hydrogens (tertiary/aromatic N) is 3. The third-order valence-electron chi connectivity index (χ3n) is 6.03. The molecule has 0 saturated heterocycles. The van der Waals surface area contributed by atoms with E-state index in [2.05, 4.69) is 10.4 Å². The normalized spacial score (nSPS) is 19.7. The second-order valence-electron chi connectivity index (χ2n) is 8.06. The molecule has 1 saturated carbocycles. The molecule has 1 aliphatic carbocycles. The molecule has 4 rings (SSSR count). The summed E-state index contributed by atoms with van der Waals surface area (Å²) in [4.78, 5) is 15.6. The van der Waals surface area contributed by atoms with Crippen molar-refractivity contribution in [3.05, 3.63) is 56.8 Å². The standard InChI is InChI=1S/C22H26Cl2N4O/c1-13-11-19-25-14(2)20(22(29)27(3)16-7-5-4-6-8-16)21(28(19)26-13)15-9-10-17(23)18(24)12-15/h9-12,16,21,25H,4-8H2,1-3H3. The Morgan fingerprint density at radius 2 is 1.86 bits per heavy atom. The van der Waals surface area contributed by atoms with Crippen molar-refractivity contribution in [1.82, 2.24) is 14.7 Å². The molecule has 1 aliphatic heterocycles. The molecule has 1 atom stereocenters. The number of hydrogen-bond acceptors (Lipinski definition) is 3. The molecular formula is C22H26Cl2N4O. The van der Waals surface area contributed by atoms with Crippen LogP contribution in [0.2, 0.25) is 10.0 Å². The highest BCUT2D eigenvalue weighted by atomic mass is 35.5. The van der Waals surface area contributed by atoms with Crippen molar-refractivity contribution in [1.29, 1.82) is 0 Å². The average Bonchev–Trinajstić information content (AvgIpc) is 3.08. The number of rotatable bonds is 3. The zero-order chi connectivity index (χ0) is 20.7. The minimum Gasteiger partial charge on any atom is -0.344 e. The topological polar surface area (TPSA) is 50.2 Å². The van der Waals surface area contributed by atoms with Crippen molar-refractivity contribution in [2.75, 3.05) is 12.4 Å². The summed E-state index contributed by atoms with van der Waals surface area (Å²) in [6.07, 6.45) is 5.73. The second kappa shape index (κ2) is 8.04. The molecule has 0 bridgehead atoms. The number of benzene rings is 1. The van der Waals surface area contributed by atoms with E-state index in [0.717, 1.165) is 35.6 Å². The summed E-state index contributed by atoms with van der Waals surface area (Å²) < 4.78 is 1.88. The molecule has 154 valence electrons. The van der Waals surface area contributed by atoms with Gasteiger partial charge in [0.05, 0.1) is 21.3 Å². The number of nitrogens with one attached hydrogen (secondary N) is 1. The van der Waals surface area contributed by atoms with Crippen LogP contribution in [0.4, 0.5) is 5.82 Å². The van der Waals surface area contributed by atoms with E-state index in [1.54, 1.807) is 6.07 Å². The van der Waals surface area contributed by atoms with Crippen LogP contribution in [0.1, 0.15) is 56.3 Å². The first-order chi connectivity index (χ1) is 13.9. The molecule has 2 heterocycles. The fourth-order valence-electron chi connectivity index (χ4n) is 4.49. The number of carbonyl (C=O) groups excluding carboxylic acids is 1. The maximum absolute atomic E-state index is 13.7. The summed E-state index contributed by atoms with van der Waals surface area (Å²) in [5, 5.41) is 9.01. The van der Waals surface area contributed by atoms with Gasteiger partial charge in [-0.3, -0.25) is 4.79 Å². The van der Waals surface area contributed by atoms with Crippen molar-refractivity contribution in [2.24, 2.45) is 0 Å². The minimum atomic E-state index is -0.353. The van der Waals surface area contributed by atoms with E-state index in [1.165, 1.54) is 19.3 Å². The number of hydrogen-bond donors (Lipinski definition) is 1. The van der Waals surface area contributed by atoms with Gasteiger partial charge in [0.15, 0.2) is 0 Å². The van der Waals surface area contributed by atoms with Crippen molar-refractivity contribution in [2.45, 2.75) is 58.0 Å². The first-order valence-electron chi connectivity index (χ1n) is 10.1. The maximum atomic E-state index is 13.7. The molecule has 2 aromatic rings. The van der Waals surface area contributed by atoms with Gasteiger partial charge < -0.3 is 10.2 Å². The Hall–Kier alpha value is -1.98. The third kappa shape index (κ3) is 3.78. The van der Waals surface area contributed by atoms with Gasteiger partial charge in [-0.15, -0.1) is 0 Å². The lowest BCUT2D eigenvalue weighted by atomic mass is 9.91. The first-order valence-corrected chi connectivity index (χ1v) is 10.9. The summed E-state index contributed by atoms with van der Waals surface area (Å²) in [5.41, 5.74) is 3.33. The van der Waals surface area contributed by atoms with E-state index < -0.39 is 0 Å². The summed E-state index contributed by atoms with van der Waals surface area (Å²) in [5.74, 6) is 0.907. The smallest absolute Gasteiger partial charge is 0.254 e. The van der Waals surface area contributed by atoms with Crippen molar-refractivity contribution >= 4 is 34.9 Å². The van der Waals surface area contributed by atoms with E-state index in [1.807, 2.05) is 48.7 Å². The van der Waals surface area contributed by atoms with Gasteiger partial charge in [0, 0.05) is 24.9 Å². The molecule has 2 aliphatic rings. The Morgan fingerprint density at radius 3 is 2.55 bits per heavy atom. The van der Waals surface area contributed by atoms with Crippen LogP contribution in [0.15, 0.2) is 35.5 Å². The van der Waals surface area contributed by atoms with Crippen LogP contribution in [0.25, 0.3) is 0 Å². The monoisotopic (exact) mass is 432 g/mol.